The molecule has 10 unspecified atom stereocenters. The number of ketones is 1. The highest BCUT2D eigenvalue weighted by Gasteiger charge is 2.73. The van der Waals surface area contributed by atoms with E-state index in [-0.39, 0.29) is 41.2 Å². The monoisotopic (exact) mass is 500 g/mol. The van der Waals surface area contributed by atoms with E-state index in [1.807, 2.05) is 0 Å². The molecule has 5 aliphatic carbocycles. The lowest BCUT2D eigenvalue weighted by molar-refractivity contribution is -0.227. The van der Waals surface area contributed by atoms with E-state index in [9.17, 15) is 14.7 Å². The number of hydrogen-bond acceptors (Lipinski definition) is 5. The van der Waals surface area contributed by atoms with E-state index >= 15 is 0 Å². The van der Waals surface area contributed by atoms with Crippen LogP contribution >= 0.6 is 0 Å². The van der Waals surface area contributed by atoms with Crippen LogP contribution in [0.2, 0.25) is 0 Å². The molecule has 1 heterocycles. The van der Waals surface area contributed by atoms with Crippen LogP contribution in [0.4, 0.5) is 0 Å². The maximum atomic E-state index is 14.0. The molecule has 5 nitrogen and oxygen atoms in total. The first-order valence-electron chi connectivity index (χ1n) is 15.0. The van der Waals surface area contributed by atoms with Crippen molar-refractivity contribution in [3.63, 3.8) is 0 Å². The van der Waals surface area contributed by atoms with Crippen molar-refractivity contribution < 1.29 is 24.2 Å². The van der Waals surface area contributed by atoms with Crippen LogP contribution < -0.4 is 0 Å². The summed E-state index contributed by atoms with van der Waals surface area (Å²) in [6.45, 7) is 13.1. The van der Waals surface area contributed by atoms with Gasteiger partial charge >= 0.3 is 5.97 Å². The summed E-state index contributed by atoms with van der Waals surface area (Å²) in [4.78, 5) is 25.7. The molecule has 36 heavy (non-hydrogen) atoms. The number of ether oxygens (including phenoxy) is 2. The van der Waals surface area contributed by atoms with Gasteiger partial charge in [-0.1, -0.05) is 34.6 Å². The molecule has 0 radical (unpaired) electrons. The molecule has 0 bridgehead atoms. The number of carbonyl (C=O) groups excluding carboxylic acids is 2. The topological polar surface area (TPSA) is 72.8 Å². The van der Waals surface area contributed by atoms with Gasteiger partial charge in [-0.15, -0.1) is 0 Å². The first-order valence-corrected chi connectivity index (χ1v) is 15.0. The lowest BCUT2D eigenvalue weighted by Crippen LogP contribution is -2.69. The Balaban J connectivity index is 1.30. The SMILES string of the molecule is CC(=O)OC1CCC2(C)C3CCC4(C)C(CC5OC6(CCC(C)CC6)C(C)C54)C3C(C)C(=O)[C@@]2(O)C1. The standard InChI is InChI=1S/C31H48O5/c1-17-7-13-30(14-8-17)19(3)26-24(36-30)15-23-25-18(2)27(33)31(34)16-21(35-20(4)32)9-12-29(31,6)22(25)10-11-28(23,26)5/h17-19,21-26,34H,7-16H2,1-6H3/t17?,18?,19?,21?,22?,23?,24?,25?,26?,28?,29?,30?,31-/m0/s1. The van der Waals surface area contributed by atoms with Crippen molar-refractivity contribution in [2.75, 3.05) is 0 Å². The molecule has 1 N–H and O–H groups in total. The van der Waals surface area contributed by atoms with Crippen molar-refractivity contribution in [1.82, 2.24) is 0 Å². The molecule has 1 saturated heterocycles. The van der Waals surface area contributed by atoms with Crippen LogP contribution in [0.25, 0.3) is 0 Å². The molecule has 5 saturated carbocycles. The number of esters is 1. The molecule has 0 aromatic rings. The highest BCUT2D eigenvalue weighted by Crippen LogP contribution is 2.72. The number of hydrogen-bond donors (Lipinski definition) is 1. The maximum absolute atomic E-state index is 14.0. The number of Topliss-reactive ketones (excluding diaryl/α,β-unsaturated/α-hetero) is 1. The van der Waals surface area contributed by atoms with E-state index in [1.165, 1.54) is 39.0 Å². The van der Waals surface area contributed by atoms with Gasteiger partial charge in [-0.25, -0.2) is 0 Å². The Morgan fingerprint density at radius 2 is 1.69 bits per heavy atom. The zero-order valence-corrected chi connectivity index (χ0v) is 23.3. The largest absolute Gasteiger partial charge is 0.462 e. The van der Waals surface area contributed by atoms with Crippen LogP contribution in [-0.4, -0.2) is 40.3 Å². The molecule has 6 rings (SSSR count). The number of rotatable bonds is 1. The Labute approximate surface area is 217 Å². The second-order valence-corrected chi connectivity index (χ2v) is 14.7. The zero-order chi connectivity index (χ0) is 25.8. The molecule has 11 atom stereocenters. The van der Waals surface area contributed by atoms with E-state index in [0.29, 0.717) is 35.7 Å². The molecule has 6 aliphatic rings. The van der Waals surface area contributed by atoms with E-state index in [4.69, 9.17) is 9.47 Å². The summed E-state index contributed by atoms with van der Waals surface area (Å²) in [5, 5.41) is 12.0. The fourth-order valence-corrected chi connectivity index (χ4v) is 11.3. The van der Waals surface area contributed by atoms with Crippen LogP contribution in [0, 0.1) is 52.3 Å². The lowest BCUT2D eigenvalue weighted by atomic mass is 9.40. The van der Waals surface area contributed by atoms with Gasteiger partial charge in [0.25, 0.3) is 0 Å². The summed E-state index contributed by atoms with van der Waals surface area (Å²) in [5.41, 5.74) is -1.58. The first kappa shape index (κ1) is 25.3. The quantitative estimate of drug-likeness (QED) is 0.467. The minimum Gasteiger partial charge on any atom is -0.462 e. The van der Waals surface area contributed by atoms with E-state index in [0.717, 1.165) is 31.6 Å². The van der Waals surface area contributed by atoms with Crippen LogP contribution in [-0.2, 0) is 19.1 Å². The van der Waals surface area contributed by atoms with Crippen LogP contribution in [0.5, 0.6) is 0 Å². The number of carbonyl (C=O) groups is 2. The van der Waals surface area contributed by atoms with Gasteiger partial charge in [0, 0.05) is 24.7 Å². The van der Waals surface area contributed by atoms with Gasteiger partial charge in [-0.2, -0.15) is 0 Å². The van der Waals surface area contributed by atoms with Gasteiger partial charge in [-0.3, -0.25) is 9.59 Å². The third kappa shape index (κ3) is 3.14. The normalized spacial score (nSPS) is 58.1. The Kier molecular flexibility index (Phi) is 5.66. The van der Waals surface area contributed by atoms with Crippen molar-refractivity contribution in [3.05, 3.63) is 0 Å². The lowest BCUT2D eigenvalue weighted by Gasteiger charge is -2.65. The second-order valence-electron chi connectivity index (χ2n) is 14.7. The molecular weight excluding hydrogens is 452 g/mol. The van der Waals surface area contributed by atoms with Crippen molar-refractivity contribution in [2.45, 2.75) is 129 Å². The molecule has 0 aromatic carbocycles. The Hall–Kier alpha value is -0.940. The van der Waals surface area contributed by atoms with E-state index in [1.54, 1.807) is 0 Å². The fourth-order valence-electron chi connectivity index (χ4n) is 11.3. The molecule has 0 aromatic heterocycles. The Morgan fingerprint density at radius 3 is 2.36 bits per heavy atom. The van der Waals surface area contributed by atoms with E-state index < -0.39 is 11.0 Å². The van der Waals surface area contributed by atoms with Crippen molar-refractivity contribution in [1.29, 1.82) is 0 Å². The number of aliphatic hydroxyl groups is 1. The predicted octanol–water partition coefficient (Wildman–Crippen LogP) is 5.71. The van der Waals surface area contributed by atoms with Crippen molar-refractivity contribution >= 4 is 11.8 Å². The minimum atomic E-state index is -1.40. The van der Waals surface area contributed by atoms with Gasteiger partial charge in [-0.05, 0) is 98.7 Å². The van der Waals surface area contributed by atoms with Gasteiger partial charge in [0.1, 0.15) is 11.7 Å². The fraction of sp³-hybridized carbons (Fsp3) is 0.935. The van der Waals surface area contributed by atoms with Gasteiger partial charge < -0.3 is 14.6 Å². The first-order chi connectivity index (χ1) is 16.9. The van der Waals surface area contributed by atoms with Crippen molar-refractivity contribution in [2.24, 2.45) is 52.3 Å². The van der Waals surface area contributed by atoms with Crippen LogP contribution in [0.3, 0.4) is 0 Å². The average molecular weight is 501 g/mol. The summed E-state index contributed by atoms with van der Waals surface area (Å²) in [7, 11) is 0. The average Bonchev–Trinajstić information content (AvgIpc) is 3.26. The Morgan fingerprint density at radius 1 is 1.00 bits per heavy atom. The smallest absolute Gasteiger partial charge is 0.302 e. The summed E-state index contributed by atoms with van der Waals surface area (Å²) in [5.74, 6) is 2.56. The second kappa shape index (κ2) is 8.04. The van der Waals surface area contributed by atoms with Gasteiger partial charge in [0.2, 0.25) is 0 Å². The summed E-state index contributed by atoms with van der Waals surface area (Å²) < 4.78 is 12.6. The summed E-state index contributed by atoms with van der Waals surface area (Å²) in [6, 6.07) is 0. The van der Waals surface area contributed by atoms with Crippen LogP contribution in [0.15, 0.2) is 0 Å². The zero-order valence-electron chi connectivity index (χ0n) is 23.3. The Bertz CT molecular complexity index is 937. The molecule has 1 aliphatic heterocycles. The maximum Gasteiger partial charge on any atom is 0.302 e. The molecule has 1 spiro atoms. The van der Waals surface area contributed by atoms with Crippen LogP contribution in [0.1, 0.15) is 106 Å². The molecule has 202 valence electrons. The van der Waals surface area contributed by atoms with Crippen molar-refractivity contribution in [3.8, 4) is 0 Å². The third-order valence-corrected chi connectivity index (χ3v) is 13.3. The number of fused-ring (bicyclic) bond motifs is 7. The molecular formula is C31H48O5. The third-order valence-electron chi connectivity index (χ3n) is 13.3. The summed E-state index contributed by atoms with van der Waals surface area (Å²) in [6.07, 6.45) is 9.98. The predicted molar refractivity (Wildman–Crippen MR) is 137 cm³/mol. The molecule has 6 fully saturated rings. The highest BCUT2D eigenvalue weighted by molar-refractivity contribution is 5.91. The van der Waals surface area contributed by atoms with E-state index in [2.05, 4.69) is 34.6 Å². The minimum absolute atomic E-state index is 0.00360. The molecule has 0 amide bonds. The van der Waals surface area contributed by atoms with Gasteiger partial charge in [0.15, 0.2) is 5.78 Å². The summed E-state index contributed by atoms with van der Waals surface area (Å²) >= 11 is 0. The molecule has 5 heteroatoms. The highest BCUT2D eigenvalue weighted by atomic mass is 16.5. The van der Waals surface area contributed by atoms with Gasteiger partial charge in [0.05, 0.1) is 11.7 Å².